The minimum atomic E-state index is -0.440. The van der Waals surface area contributed by atoms with Crippen LogP contribution in [0.1, 0.15) is 5.56 Å². The molecule has 1 aromatic rings. The van der Waals surface area contributed by atoms with Gasteiger partial charge in [0.1, 0.15) is 5.75 Å². The molecule has 0 unspecified atom stereocenters. The van der Waals surface area contributed by atoms with Gasteiger partial charge in [0, 0.05) is 23.1 Å². The fourth-order valence-electron chi connectivity index (χ4n) is 2.37. The molecule has 132 valence electrons. The molecule has 25 heavy (non-hydrogen) atoms. The third kappa shape index (κ3) is 4.62. The number of rotatable bonds is 4. The van der Waals surface area contributed by atoms with Gasteiger partial charge in [0.2, 0.25) is 0 Å². The van der Waals surface area contributed by atoms with Crippen LogP contribution < -0.4 is 10.1 Å². The van der Waals surface area contributed by atoms with Crippen molar-refractivity contribution in [2.45, 2.75) is 0 Å². The Bertz CT molecular complexity index is 746. The molecule has 2 fully saturated rings. The third-order valence-electron chi connectivity index (χ3n) is 3.62. The van der Waals surface area contributed by atoms with Crippen molar-refractivity contribution < 1.29 is 23.9 Å². The lowest BCUT2D eigenvalue weighted by Gasteiger charge is -2.26. The zero-order valence-corrected chi connectivity index (χ0v) is 15.5. The van der Waals surface area contributed by atoms with Gasteiger partial charge in [-0.05, 0) is 36.0 Å². The van der Waals surface area contributed by atoms with Gasteiger partial charge >= 0.3 is 0 Å². The van der Waals surface area contributed by atoms with Gasteiger partial charge in [-0.25, -0.2) is 0 Å². The molecule has 0 radical (unpaired) electrons. The quantitative estimate of drug-likeness (QED) is 0.741. The summed E-state index contributed by atoms with van der Waals surface area (Å²) in [4.78, 5) is 37.2. The molecule has 1 N–H and O–H groups in total. The van der Waals surface area contributed by atoms with E-state index in [1.54, 1.807) is 29.2 Å². The van der Waals surface area contributed by atoms with E-state index < -0.39 is 11.1 Å². The summed E-state index contributed by atoms with van der Waals surface area (Å²) in [6, 6.07) is 5.25. The monoisotopic (exact) mass is 426 g/mol. The predicted octanol–water partition coefficient (Wildman–Crippen LogP) is 2.01. The number of halogens is 1. The van der Waals surface area contributed by atoms with E-state index in [-0.39, 0.29) is 17.4 Å². The van der Waals surface area contributed by atoms with Crippen LogP contribution in [0, 0.1) is 0 Å². The second kappa shape index (κ2) is 8.03. The maximum atomic E-state index is 12.2. The zero-order chi connectivity index (χ0) is 17.8. The molecule has 3 amide bonds. The van der Waals surface area contributed by atoms with E-state index in [0.29, 0.717) is 37.6 Å². The molecule has 1 aromatic carbocycles. The van der Waals surface area contributed by atoms with Gasteiger partial charge in [-0.1, -0.05) is 15.9 Å². The van der Waals surface area contributed by atoms with Gasteiger partial charge in [0.15, 0.2) is 6.61 Å². The van der Waals surface area contributed by atoms with Crippen LogP contribution >= 0.6 is 27.7 Å². The van der Waals surface area contributed by atoms with Crippen LogP contribution in [0.25, 0.3) is 6.08 Å². The van der Waals surface area contributed by atoms with E-state index in [1.807, 2.05) is 0 Å². The SMILES string of the molecule is O=C1NC(=O)/C(=C/c2cc(Br)ccc2OCC(=O)N2CCOCC2)S1. The van der Waals surface area contributed by atoms with Gasteiger partial charge in [-0.3, -0.25) is 19.7 Å². The highest BCUT2D eigenvalue weighted by atomic mass is 79.9. The lowest BCUT2D eigenvalue weighted by atomic mass is 10.2. The lowest BCUT2D eigenvalue weighted by molar-refractivity contribution is -0.137. The maximum Gasteiger partial charge on any atom is 0.290 e. The van der Waals surface area contributed by atoms with Crippen LogP contribution in [-0.2, 0) is 14.3 Å². The molecule has 7 nitrogen and oxygen atoms in total. The fraction of sp³-hybridized carbons (Fsp3) is 0.312. The standard InChI is InChI=1S/C16H15BrN2O5S/c17-11-1-2-12(24-9-14(20)19-3-5-23-6-4-19)10(7-11)8-13-15(21)18-16(22)25-13/h1-2,7-8H,3-6,9H2,(H,18,21,22)/b13-8-. The molecule has 2 aliphatic rings. The number of amides is 3. The van der Waals surface area contributed by atoms with Crippen molar-refractivity contribution >= 4 is 50.8 Å². The largest absolute Gasteiger partial charge is 0.483 e. The van der Waals surface area contributed by atoms with Crippen LogP contribution in [0.15, 0.2) is 27.6 Å². The second-order valence-electron chi connectivity index (χ2n) is 5.32. The highest BCUT2D eigenvalue weighted by Crippen LogP contribution is 2.31. The molecular formula is C16H15BrN2O5S. The number of ether oxygens (including phenoxy) is 2. The molecule has 0 bridgehead atoms. The number of morpholine rings is 1. The Kier molecular flexibility index (Phi) is 5.77. The number of imide groups is 1. The lowest BCUT2D eigenvalue weighted by Crippen LogP contribution is -2.43. The van der Waals surface area contributed by atoms with Crippen LogP contribution in [0.5, 0.6) is 5.75 Å². The summed E-state index contributed by atoms with van der Waals surface area (Å²) in [7, 11) is 0. The van der Waals surface area contributed by atoms with Gasteiger partial charge in [-0.2, -0.15) is 0 Å². The number of nitrogens with one attached hydrogen (secondary N) is 1. The first-order valence-corrected chi connectivity index (χ1v) is 9.16. The van der Waals surface area contributed by atoms with Crippen molar-refractivity contribution in [2.24, 2.45) is 0 Å². The molecule has 0 spiro atoms. The summed E-state index contributed by atoms with van der Waals surface area (Å²) < 4.78 is 11.7. The number of carbonyl (C=O) groups excluding carboxylic acids is 3. The molecule has 0 saturated carbocycles. The summed E-state index contributed by atoms with van der Waals surface area (Å²) in [6.07, 6.45) is 1.57. The first-order valence-electron chi connectivity index (χ1n) is 7.55. The molecule has 2 heterocycles. The highest BCUT2D eigenvalue weighted by Gasteiger charge is 2.25. The van der Waals surface area contributed by atoms with E-state index >= 15 is 0 Å². The van der Waals surface area contributed by atoms with E-state index in [2.05, 4.69) is 21.2 Å². The molecule has 3 rings (SSSR count). The van der Waals surface area contributed by atoms with Gasteiger partial charge < -0.3 is 14.4 Å². The summed E-state index contributed by atoms with van der Waals surface area (Å²) >= 11 is 4.20. The topological polar surface area (TPSA) is 84.9 Å². The Morgan fingerprint density at radius 2 is 2.12 bits per heavy atom. The number of hydrogen-bond acceptors (Lipinski definition) is 6. The average Bonchev–Trinajstić information content (AvgIpc) is 2.92. The minimum absolute atomic E-state index is 0.101. The molecular weight excluding hydrogens is 412 g/mol. The van der Waals surface area contributed by atoms with E-state index in [0.717, 1.165) is 16.2 Å². The molecule has 0 aromatic heterocycles. The third-order valence-corrected chi connectivity index (χ3v) is 4.92. The number of carbonyl (C=O) groups is 3. The Labute approximate surface area is 156 Å². The molecule has 9 heteroatoms. The summed E-state index contributed by atoms with van der Waals surface area (Å²) in [5.41, 5.74) is 0.608. The predicted molar refractivity (Wildman–Crippen MR) is 96.1 cm³/mol. The summed E-state index contributed by atoms with van der Waals surface area (Å²) in [6.45, 7) is 2.07. The van der Waals surface area contributed by atoms with Crippen molar-refractivity contribution in [3.8, 4) is 5.75 Å². The van der Waals surface area contributed by atoms with E-state index in [9.17, 15) is 14.4 Å². The first-order chi connectivity index (χ1) is 12.0. The zero-order valence-electron chi connectivity index (χ0n) is 13.1. The Balaban J connectivity index is 1.73. The summed E-state index contributed by atoms with van der Waals surface area (Å²) in [5, 5.41) is 1.80. The van der Waals surface area contributed by atoms with Crippen LogP contribution in [0.2, 0.25) is 0 Å². The summed E-state index contributed by atoms with van der Waals surface area (Å²) in [5.74, 6) is -0.0941. The Morgan fingerprint density at radius 3 is 2.80 bits per heavy atom. The minimum Gasteiger partial charge on any atom is -0.483 e. The van der Waals surface area contributed by atoms with Crippen LogP contribution in [0.3, 0.4) is 0 Å². The normalized spacial score (nSPS) is 19.2. The smallest absolute Gasteiger partial charge is 0.290 e. The molecule has 2 aliphatic heterocycles. The van der Waals surface area contributed by atoms with Crippen molar-refractivity contribution in [3.05, 3.63) is 33.1 Å². The Hall–Kier alpha value is -1.84. The average molecular weight is 427 g/mol. The fourth-order valence-corrected chi connectivity index (χ4v) is 3.42. The molecule has 2 saturated heterocycles. The van der Waals surface area contributed by atoms with Crippen LogP contribution in [-0.4, -0.2) is 54.9 Å². The van der Waals surface area contributed by atoms with E-state index in [1.165, 1.54) is 0 Å². The van der Waals surface area contributed by atoms with Crippen molar-refractivity contribution in [2.75, 3.05) is 32.9 Å². The van der Waals surface area contributed by atoms with Crippen molar-refractivity contribution in [1.82, 2.24) is 10.2 Å². The van der Waals surface area contributed by atoms with E-state index in [4.69, 9.17) is 9.47 Å². The molecule has 0 aliphatic carbocycles. The van der Waals surface area contributed by atoms with Crippen molar-refractivity contribution in [1.29, 1.82) is 0 Å². The highest BCUT2D eigenvalue weighted by molar-refractivity contribution is 9.10. The number of benzene rings is 1. The number of nitrogens with zero attached hydrogens (tertiary/aromatic N) is 1. The maximum absolute atomic E-state index is 12.2. The molecule has 0 atom stereocenters. The number of hydrogen-bond donors (Lipinski definition) is 1. The van der Waals surface area contributed by atoms with Gasteiger partial charge in [0.25, 0.3) is 17.1 Å². The number of thioether (sulfide) groups is 1. The van der Waals surface area contributed by atoms with Gasteiger partial charge in [-0.15, -0.1) is 0 Å². The second-order valence-corrected chi connectivity index (χ2v) is 7.25. The first kappa shape index (κ1) is 18.0. The van der Waals surface area contributed by atoms with Crippen molar-refractivity contribution in [3.63, 3.8) is 0 Å². The van der Waals surface area contributed by atoms with Gasteiger partial charge in [0.05, 0.1) is 18.1 Å². The Morgan fingerprint density at radius 1 is 1.36 bits per heavy atom. The van der Waals surface area contributed by atoms with Crippen LogP contribution in [0.4, 0.5) is 4.79 Å².